The van der Waals surface area contributed by atoms with E-state index in [0.29, 0.717) is 11.9 Å². The van der Waals surface area contributed by atoms with Crippen LogP contribution < -0.4 is 10.6 Å². The summed E-state index contributed by atoms with van der Waals surface area (Å²) in [5.74, 6) is 0.570. The van der Waals surface area contributed by atoms with Gasteiger partial charge in [-0.3, -0.25) is 0 Å². The monoisotopic (exact) mass is 344 g/mol. The number of rotatable bonds is 4. The quantitative estimate of drug-likeness (QED) is 0.835. The fraction of sp³-hybridized carbons (Fsp3) is 0.273. The van der Waals surface area contributed by atoms with Crippen LogP contribution in [0, 0.1) is 3.57 Å². The van der Waals surface area contributed by atoms with Crippen molar-refractivity contribution in [3.05, 3.63) is 33.7 Å². The number of anilines is 2. The van der Waals surface area contributed by atoms with Crippen LogP contribution >= 0.6 is 22.6 Å². The molecule has 2 aromatic rings. The fourth-order valence-electron chi connectivity index (χ4n) is 1.27. The number of nitrogens with zero attached hydrogens (tertiary/aromatic N) is 2. The summed E-state index contributed by atoms with van der Waals surface area (Å²) in [6.07, 6.45) is 0. The van der Waals surface area contributed by atoms with Gasteiger partial charge in [-0.1, -0.05) is 11.2 Å². The number of halogens is 1. The first-order chi connectivity index (χ1) is 8.19. The highest BCUT2D eigenvalue weighted by Crippen LogP contribution is 2.19. The van der Waals surface area contributed by atoms with Crippen molar-refractivity contribution < 1.29 is 4.42 Å². The molecule has 1 aromatic carbocycles. The highest BCUT2D eigenvalue weighted by molar-refractivity contribution is 14.1. The van der Waals surface area contributed by atoms with Crippen molar-refractivity contribution in [1.29, 1.82) is 0 Å². The molecule has 0 fully saturated rings. The van der Waals surface area contributed by atoms with Gasteiger partial charge in [0.25, 0.3) is 0 Å². The molecular formula is C11H13IN4O. The smallest absolute Gasteiger partial charge is 0.320 e. The minimum absolute atomic E-state index is 0.0500. The topological polar surface area (TPSA) is 63.0 Å². The van der Waals surface area contributed by atoms with E-state index < -0.39 is 0 Å². The van der Waals surface area contributed by atoms with Gasteiger partial charge >= 0.3 is 6.01 Å². The maximum absolute atomic E-state index is 5.48. The van der Waals surface area contributed by atoms with Gasteiger partial charge in [0, 0.05) is 9.26 Å². The number of nitrogens with one attached hydrogen (secondary N) is 2. The second-order valence-electron chi connectivity index (χ2n) is 3.59. The van der Waals surface area contributed by atoms with E-state index in [1.165, 1.54) is 0 Å². The standard InChI is InChI=1S/C11H13IN4O/c1-7(13-2)10-15-16-11(17-10)14-9-5-3-4-8(12)6-9/h3-7,13H,1-2H3,(H,14,16). The van der Waals surface area contributed by atoms with Crippen molar-refractivity contribution in [2.24, 2.45) is 0 Å². The van der Waals surface area contributed by atoms with Crippen LogP contribution in [0.15, 0.2) is 28.7 Å². The molecule has 2 N–H and O–H groups in total. The highest BCUT2D eigenvalue weighted by atomic mass is 127. The van der Waals surface area contributed by atoms with Crippen LogP contribution in [0.25, 0.3) is 0 Å². The Bertz CT molecular complexity index is 500. The van der Waals surface area contributed by atoms with E-state index in [2.05, 4.69) is 43.4 Å². The van der Waals surface area contributed by atoms with Crippen LogP contribution in [0.1, 0.15) is 18.9 Å². The normalized spacial score (nSPS) is 12.4. The van der Waals surface area contributed by atoms with Gasteiger partial charge in [-0.25, -0.2) is 0 Å². The molecule has 5 nitrogen and oxygen atoms in total. The van der Waals surface area contributed by atoms with E-state index in [1.54, 1.807) is 0 Å². The molecule has 1 heterocycles. The number of benzene rings is 1. The maximum atomic E-state index is 5.48. The lowest BCUT2D eigenvalue weighted by molar-refractivity contribution is 0.443. The second kappa shape index (κ2) is 5.46. The Balaban J connectivity index is 2.11. The molecule has 0 aliphatic heterocycles. The van der Waals surface area contributed by atoms with Crippen molar-refractivity contribution in [1.82, 2.24) is 15.5 Å². The molecule has 1 aromatic heterocycles. The number of hydrogen-bond acceptors (Lipinski definition) is 5. The average molecular weight is 344 g/mol. The molecule has 0 radical (unpaired) electrons. The molecule has 0 saturated carbocycles. The number of hydrogen-bond donors (Lipinski definition) is 2. The summed E-state index contributed by atoms with van der Waals surface area (Å²) in [6, 6.07) is 8.41. The highest BCUT2D eigenvalue weighted by Gasteiger charge is 2.11. The molecule has 0 aliphatic rings. The molecule has 0 amide bonds. The summed E-state index contributed by atoms with van der Waals surface area (Å²) in [6.45, 7) is 1.96. The molecule has 6 heteroatoms. The van der Waals surface area contributed by atoms with Crippen molar-refractivity contribution in [3.63, 3.8) is 0 Å². The van der Waals surface area contributed by atoms with Gasteiger partial charge in [-0.15, -0.1) is 5.10 Å². The van der Waals surface area contributed by atoms with Gasteiger partial charge in [-0.05, 0) is 54.8 Å². The predicted molar refractivity (Wildman–Crippen MR) is 74.2 cm³/mol. The Hall–Kier alpha value is -1.15. The maximum Gasteiger partial charge on any atom is 0.320 e. The third kappa shape index (κ3) is 3.16. The van der Waals surface area contributed by atoms with Gasteiger partial charge in [-0.2, -0.15) is 0 Å². The van der Waals surface area contributed by atoms with Gasteiger partial charge in [0.15, 0.2) is 0 Å². The Labute approximate surface area is 113 Å². The number of aromatic nitrogens is 2. The van der Waals surface area contributed by atoms with Gasteiger partial charge in [0.2, 0.25) is 5.89 Å². The Morgan fingerprint density at radius 3 is 2.88 bits per heavy atom. The SMILES string of the molecule is CNC(C)c1nnc(Nc2cccc(I)c2)o1. The fourth-order valence-corrected chi connectivity index (χ4v) is 1.82. The van der Waals surface area contributed by atoms with Crippen LogP contribution in [0.5, 0.6) is 0 Å². The Morgan fingerprint density at radius 1 is 1.35 bits per heavy atom. The Morgan fingerprint density at radius 2 is 2.18 bits per heavy atom. The third-order valence-electron chi connectivity index (χ3n) is 2.32. The van der Waals surface area contributed by atoms with Gasteiger partial charge in [0.05, 0.1) is 6.04 Å². The van der Waals surface area contributed by atoms with Gasteiger partial charge in [0.1, 0.15) is 0 Å². The van der Waals surface area contributed by atoms with E-state index in [-0.39, 0.29) is 6.04 Å². The first-order valence-corrected chi connectivity index (χ1v) is 6.30. The van der Waals surface area contributed by atoms with Crippen LogP contribution in [0.3, 0.4) is 0 Å². The van der Waals surface area contributed by atoms with Crippen LogP contribution in [-0.4, -0.2) is 17.2 Å². The first-order valence-electron chi connectivity index (χ1n) is 5.22. The molecular weight excluding hydrogens is 331 g/mol. The molecule has 1 atom stereocenters. The molecule has 0 spiro atoms. The molecule has 0 saturated heterocycles. The van der Waals surface area contributed by atoms with Crippen LogP contribution in [0.4, 0.5) is 11.7 Å². The zero-order valence-electron chi connectivity index (χ0n) is 9.57. The summed E-state index contributed by atoms with van der Waals surface area (Å²) in [4.78, 5) is 0. The van der Waals surface area contributed by atoms with Crippen molar-refractivity contribution in [2.45, 2.75) is 13.0 Å². The van der Waals surface area contributed by atoms with E-state index in [0.717, 1.165) is 9.26 Å². The predicted octanol–water partition coefficient (Wildman–Crippen LogP) is 2.70. The lowest BCUT2D eigenvalue weighted by Gasteiger charge is -2.03. The molecule has 2 rings (SSSR count). The lowest BCUT2D eigenvalue weighted by Crippen LogP contribution is -2.12. The molecule has 1 unspecified atom stereocenters. The van der Waals surface area contributed by atoms with E-state index in [9.17, 15) is 0 Å². The Kier molecular flexibility index (Phi) is 3.95. The van der Waals surface area contributed by atoms with Crippen molar-refractivity contribution in [2.75, 3.05) is 12.4 Å². The average Bonchev–Trinajstić information content (AvgIpc) is 2.76. The summed E-state index contributed by atoms with van der Waals surface area (Å²) in [5.41, 5.74) is 0.934. The van der Waals surface area contributed by atoms with Crippen LogP contribution in [0.2, 0.25) is 0 Å². The lowest BCUT2D eigenvalue weighted by atomic mass is 10.3. The summed E-state index contributed by atoms with van der Waals surface area (Å²) in [5, 5.41) is 14.0. The molecule has 0 aliphatic carbocycles. The first kappa shape index (κ1) is 12.3. The van der Waals surface area contributed by atoms with Crippen molar-refractivity contribution >= 4 is 34.3 Å². The van der Waals surface area contributed by atoms with Gasteiger partial charge < -0.3 is 15.1 Å². The van der Waals surface area contributed by atoms with E-state index in [1.807, 2.05) is 38.2 Å². The van der Waals surface area contributed by atoms with E-state index >= 15 is 0 Å². The van der Waals surface area contributed by atoms with Crippen molar-refractivity contribution in [3.8, 4) is 0 Å². The summed E-state index contributed by atoms with van der Waals surface area (Å²) < 4.78 is 6.63. The van der Waals surface area contributed by atoms with E-state index in [4.69, 9.17) is 4.42 Å². The third-order valence-corrected chi connectivity index (χ3v) is 2.99. The largest absolute Gasteiger partial charge is 0.406 e. The zero-order chi connectivity index (χ0) is 12.3. The second-order valence-corrected chi connectivity index (χ2v) is 4.84. The molecule has 0 bridgehead atoms. The summed E-state index contributed by atoms with van der Waals surface area (Å²) >= 11 is 2.25. The summed E-state index contributed by atoms with van der Waals surface area (Å²) in [7, 11) is 1.85. The zero-order valence-corrected chi connectivity index (χ0v) is 11.7. The molecule has 17 heavy (non-hydrogen) atoms. The minimum atomic E-state index is 0.0500. The molecule has 90 valence electrons. The minimum Gasteiger partial charge on any atom is -0.406 e. The van der Waals surface area contributed by atoms with Crippen LogP contribution in [-0.2, 0) is 0 Å².